The van der Waals surface area contributed by atoms with E-state index in [0.717, 1.165) is 43.1 Å². The van der Waals surface area contributed by atoms with E-state index in [-0.39, 0.29) is 0 Å². The second kappa shape index (κ2) is 6.28. The van der Waals surface area contributed by atoms with Gasteiger partial charge in [0.05, 0.1) is 0 Å². The van der Waals surface area contributed by atoms with Gasteiger partial charge in [-0.25, -0.2) is 9.97 Å². The Hall–Kier alpha value is -1.53. The summed E-state index contributed by atoms with van der Waals surface area (Å²) in [5.74, 6) is 0.830. The van der Waals surface area contributed by atoms with Crippen LogP contribution in [0, 0.1) is 0 Å². The molecule has 0 spiro atoms. The molecule has 20 heavy (non-hydrogen) atoms. The number of aromatic nitrogens is 3. The molecular weight excluding hydrogens is 318 g/mol. The number of piperazine rings is 1. The third-order valence-corrected chi connectivity index (χ3v) is 3.81. The minimum absolute atomic E-state index is 0.830. The molecule has 1 aliphatic rings. The number of pyridine rings is 1. The van der Waals surface area contributed by atoms with Crippen LogP contribution in [0.5, 0.6) is 0 Å². The second-order valence-corrected chi connectivity index (χ2v) is 5.74. The first-order valence-electron chi connectivity index (χ1n) is 6.65. The zero-order chi connectivity index (χ0) is 13.8. The molecule has 0 aliphatic carbocycles. The normalized spacial score (nSPS) is 16.4. The van der Waals surface area contributed by atoms with Crippen molar-refractivity contribution in [3.8, 4) is 0 Å². The highest BCUT2D eigenvalue weighted by Crippen LogP contribution is 2.14. The predicted molar refractivity (Wildman–Crippen MR) is 81.5 cm³/mol. The van der Waals surface area contributed by atoms with Crippen molar-refractivity contribution in [1.82, 2.24) is 19.9 Å². The zero-order valence-corrected chi connectivity index (χ0v) is 12.7. The molecule has 0 N–H and O–H groups in total. The average Bonchev–Trinajstić information content (AvgIpc) is 2.49. The van der Waals surface area contributed by atoms with Gasteiger partial charge in [0.1, 0.15) is 0 Å². The van der Waals surface area contributed by atoms with Gasteiger partial charge in [0.25, 0.3) is 0 Å². The number of hydrogen-bond acceptors (Lipinski definition) is 5. The molecule has 104 valence electrons. The van der Waals surface area contributed by atoms with Crippen molar-refractivity contribution in [3.63, 3.8) is 0 Å². The van der Waals surface area contributed by atoms with Gasteiger partial charge in [-0.2, -0.15) is 0 Å². The lowest BCUT2D eigenvalue weighted by atomic mass is 10.2. The fourth-order valence-corrected chi connectivity index (χ4v) is 2.77. The van der Waals surface area contributed by atoms with E-state index in [0.29, 0.717) is 0 Å². The van der Waals surface area contributed by atoms with E-state index in [9.17, 15) is 0 Å². The number of nitrogens with zero attached hydrogens (tertiary/aromatic N) is 5. The summed E-state index contributed by atoms with van der Waals surface area (Å²) in [6.45, 7) is 4.91. The molecule has 6 heteroatoms. The first-order chi connectivity index (χ1) is 9.81. The van der Waals surface area contributed by atoms with Crippen LogP contribution in [0.25, 0.3) is 0 Å². The Morgan fingerprint density at radius 1 is 1.05 bits per heavy atom. The maximum Gasteiger partial charge on any atom is 0.225 e. The topological polar surface area (TPSA) is 45.2 Å². The van der Waals surface area contributed by atoms with Crippen molar-refractivity contribution in [3.05, 3.63) is 47.0 Å². The minimum Gasteiger partial charge on any atom is -0.338 e. The molecule has 2 aromatic heterocycles. The van der Waals surface area contributed by atoms with Crippen molar-refractivity contribution < 1.29 is 0 Å². The summed E-state index contributed by atoms with van der Waals surface area (Å²) < 4.78 is 1.03. The molecule has 0 aromatic carbocycles. The van der Waals surface area contributed by atoms with Crippen molar-refractivity contribution in [2.24, 2.45) is 0 Å². The average molecular weight is 334 g/mol. The van der Waals surface area contributed by atoms with Gasteiger partial charge in [-0.1, -0.05) is 0 Å². The number of rotatable bonds is 3. The van der Waals surface area contributed by atoms with Gasteiger partial charge >= 0.3 is 0 Å². The van der Waals surface area contributed by atoms with E-state index >= 15 is 0 Å². The highest BCUT2D eigenvalue weighted by molar-refractivity contribution is 9.10. The van der Waals surface area contributed by atoms with Gasteiger partial charge in [0, 0.05) is 62.0 Å². The summed E-state index contributed by atoms with van der Waals surface area (Å²) in [6, 6.07) is 3.97. The molecule has 0 bridgehead atoms. The van der Waals surface area contributed by atoms with E-state index < -0.39 is 0 Å². The molecule has 0 atom stereocenters. The van der Waals surface area contributed by atoms with Crippen molar-refractivity contribution in [2.45, 2.75) is 6.54 Å². The van der Waals surface area contributed by atoms with E-state index in [1.54, 1.807) is 12.4 Å². The largest absolute Gasteiger partial charge is 0.338 e. The van der Waals surface area contributed by atoms with Crippen molar-refractivity contribution >= 4 is 21.9 Å². The molecular formula is C14H16BrN5. The number of anilines is 1. The summed E-state index contributed by atoms with van der Waals surface area (Å²) in [7, 11) is 0. The zero-order valence-electron chi connectivity index (χ0n) is 11.1. The van der Waals surface area contributed by atoms with Crippen LogP contribution >= 0.6 is 15.9 Å². The fraction of sp³-hybridized carbons (Fsp3) is 0.357. The summed E-state index contributed by atoms with van der Waals surface area (Å²) in [4.78, 5) is 17.5. The third-order valence-electron chi connectivity index (χ3n) is 3.37. The lowest BCUT2D eigenvalue weighted by Crippen LogP contribution is -2.46. The Morgan fingerprint density at radius 3 is 2.50 bits per heavy atom. The van der Waals surface area contributed by atoms with E-state index in [4.69, 9.17) is 0 Å². The highest BCUT2D eigenvalue weighted by atomic mass is 79.9. The maximum atomic E-state index is 4.30. The fourth-order valence-electron chi connectivity index (χ4n) is 2.36. The molecule has 3 rings (SSSR count). The quantitative estimate of drug-likeness (QED) is 0.859. The Labute approximate surface area is 126 Å². The van der Waals surface area contributed by atoms with Gasteiger partial charge in [0.2, 0.25) is 5.95 Å². The van der Waals surface area contributed by atoms with Crippen LogP contribution in [0.2, 0.25) is 0 Å². The van der Waals surface area contributed by atoms with E-state index in [1.165, 1.54) is 5.56 Å². The lowest BCUT2D eigenvalue weighted by Gasteiger charge is -2.34. The Morgan fingerprint density at radius 2 is 1.80 bits per heavy atom. The SMILES string of the molecule is Brc1cncc(CN2CCN(c3ncccn3)CC2)c1. The minimum atomic E-state index is 0.830. The first kappa shape index (κ1) is 13.5. The third kappa shape index (κ3) is 3.32. The van der Waals surface area contributed by atoms with Crippen molar-refractivity contribution in [1.29, 1.82) is 0 Å². The molecule has 1 fully saturated rings. The number of hydrogen-bond donors (Lipinski definition) is 0. The monoisotopic (exact) mass is 333 g/mol. The summed E-state index contributed by atoms with van der Waals surface area (Å²) in [5.41, 5.74) is 1.24. The predicted octanol–water partition coefficient (Wildman–Crippen LogP) is 1.96. The smallest absolute Gasteiger partial charge is 0.225 e. The van der Waals surface area contributed by atoms with Crippen LogP contribution in [0.4, 0.5) is 5.95 Å². The molecule has 1 aliphatic heterocycles. The Balaban J connectivity index is 1.56. The van der Waals surface area contributed by atoms with Crippen LogP contribution in [0.1, 0.15) is 5.56 Å². The van der Waals surface area contributed by atoms with Crippen LogP contribution in [0.15, 0.2) is 41.4 Å². The molecule has 2 aromatic rings. The standard InChI is InChI=1S/C14H16BrN5/c15-13-8-12(9-16-10-13)11-19-4-6-20(7-5-19)14-17-2-1-3-18-14/h1-3,8-10H,4-7,11H2. The van der Waals surface area contributed by atoms with Crippen molar-refractivity contribution in [2.75, 3.05) is 31.1 Å². The Kier molecular flexibility index (Phi) is 4.22. The molecule has 1 saturated heterocycles. The lowest BCUT2D eigenvalue weighted by molar-refractivity contribution is 0.248. The summed E-state index contributed by atoms with van der Waals surface area (Å²) in [5, 5.41) is 0. The van der Waals surface area contributed by atoms with Gasteiger partial charge in [-0.15, -0.1) is 0 Å². The summed E-state index contributed by atoms with van der Waals surface area (Å²) in [6.07, 6.45) is 7.33. The number of halogens is 1. The van der Waals surface area contributed by atoms with Crippen LogP contribution in [0.3, 0.4) is 0 Å². The Bertz CT molecular complexity index is 555. The molecule has 0 unspecified atom stereocenters. The van der Waals surface area contributed by atoms with Crippen LogP contribution in [-0.2, 0) is 6.54 Å². The molecule has 0 amide bonds. The van der Waals surface area contributed by atoms with Gasteiger partial charge < -0.3 is 4.90 Å². The molecule has 3 heterocycles. The summed E-state index contributed by atoms with van der Waals surface area (Å²) >= 11 is 3.46. The van der Waals surface area contributed by atoms with Crippen LogP contribution in [-0.4, -0.2) is 46.0 Å². The highest BCUT2D eigenvalue weighted by Gasteiger charge is 2.18. The first-order valence-corrected chi connectivity index (χ1v) is 7.44. The molecule has 5 nitrogen and oxygen atoms in total. The molecule has 0 radical (unpaired) electrons. The van der Waals surface area contributed by atoms with Gasteiger partial charge in [0.15, 0.2) is 0 Å². The second-order valence-electron chi connectivity index (χ2n) is 4.82. The van der Waals surface area contributed by atoms with E-state index in [2.05, 4.69) is 46.7 Å². The van der Waals surface area contributed by atoms with E-state index in [1.807, 2.05) is 18.5 Å². The van der Waals surface area contributed by atoms with Gasteiger partial charge in [-0.05, 0) is 33.6 Å². The van der Waals surface area contributed by atoms with Gasteiger partial charge in [-0.3, -0.25) is 9.88 Å². The maximum absolute atomic E-state index is 4.30. The van der Waals surface area contributed by atoms with Crippen LogP contribution < -0.4 is 4.90 Å². The molecule has 0 saturated carbocycles.